The molecule has 0 aromatic carbocycles. The molecule has 0 aromatic heterocycles. The van der Waals surface area contributed by atoms with Crippen molar-refractivity contribution in [3.63, 3.8) is 0 Å². The molecule has 2 fully saturated rings. The normalized spacial score (nSPS) is 35.6. The van der Waals surface area contributed by atoms with Crippen molar-refractivity contribution in [2.24, 2.45) is 11.7 Å². The third kappa shape index (κ3) is 4.62. The van der Waals surface area contributed by atoms with Gasteiger partial charge in [0.05, 0.1) is 12.2 Å². The van der Waals surface area contributed by atoms with E-state index >= 15 is 0 Å². The lowest BCUT2D eigenvalue weighted by molar-refractivity contribution is -0.144. The molecule has 0 bridgehead atoms. The summed E-state index contributed by atoms with van der Waals surface area (Å²) < 4.78 is 5.66. The Kier molecular flexibility index (Phi) is 6.57. The van der Waals surface area contributed by atoms with Gasteiger partial charge in [0.2, 0.25) is 5.91 Å². The smallest absolute Gasteiger partial charge is 0.223 e. The number of amides is 1. The van der Waals surface area contributed by atoms with Gasteiger partial charge in [-0.05, 0) is 32.6 Å². The van der Waals surface area contributed by atoms with E-state index in [0.29, 0.717) is 12.3 Å². The molecule has 5 heteroatoms. The average molecular weight is 291 g/mol. The number of hydrogen-bond acceptors (Lipinski definition) is 3. The molecule has 1 amide bonds. The van der Waals surface area contributed by atoms with Crippen LogP contribution in [0.4, 0.5) is 0 Å². The summed E-state index contributed by atoms with van der Waals surface area (Å²) in [5.41, 5.74) is 6.12. The summed E-state index contributed by atoms with van der Waals surface area (Å²) in [5, 5.41) is 0. The van der Waals surface area contributed by atoms with Gasteiger partial charge in [-0.15, -0.1) is 12.4 Å². The Balaban J connectivity index is 0.00000180. The number of nitrogens with zero attached hydrogens (tertiary/aromatic N) is 1. The molecule has 1 saturated heterocycles. The maximum atomic E-state index is 12.3. The van der Waals surface area contributed by atoms with Crippen LogP contribution in [-0.4, -0.2) is 42.1 Å². The lowest BCUT2D eigenvalue weighted by Crippen LogP contribution is -2.49. The fourth-order valence-electron chi connectivity index (χ4n) is 3.22. The first-order valence-electron chi connectivity index (χ1n) is 7.25. The second-order valence-electron chi connectivity index (χ2n) is 5.97. The number of hydrogen-bond donors (Lipinski definition) is 1. The number of carbonyl (C=O) groups excluding carboxylic acids is 1. The van der Waals surface area contributed by atoms with Crippen LogP contribution in [-0.2, 0) is 9.53 Å². The Morgan fingerprint density at radius 1 is 1.21 bits per heavy atom. The van der Waals surface area contributed by atoms with Gasteiger partial charge in [-0.2, -0.15) is 0 Å². The molecule has 112 valence electrons. The van der Waals surface area contributed by atoms with Crippen LogP contribution >= 0.6 is 12.4 Å². The number of carbonyl (C=O) groups is 1. The number of rotatable bonds is 2. The highest BCUT2D eigenvalue weighted by Crippen LogP contribution is 2.26. The van der Waals surface area contributed by atoms with Crippen molar-refractivity contribution >= 4 is 18.3 Å². The number of nitrogens with two attached hydrogens (primary N) is 1. The van der Waals surface area contributed by atoms with Gasteiger partial charge in [0, 0.05) is 25.6 Å². The Hall–Kier alpha value is -0.320. The van der Waals surface area contributed by atoms with Gasteiger partial charge in [-0.25, -0.2) is 0 Å². The monoisotopic (exact) mass is 290 g/mol. The van der Waals surface area contributed by atoms with Crippen molar-refractivity contribution in [1.29, 1.82) is 0 Å². The van der Waals surface area contributed by atoms with Crippen LogP contribution < -0.4 is 5.73 Å². The standard InChI is InChI=1S/C14H26N2O2.ClH/c1-10-8-16(9-11(2)18-10)14(17)7-12-5-3-4-6-13(12)15;/h10-13H,3-9,15H2,1-2H3;1H. The molecule has 2 N–H and O–H groups in total. The predicted molar refractivity (Wildman–Crippen MR) is 78.4 cm³/mol. The number of morpholine rings is 1. The molecular weight excluding hydrogens is 264 g/mol. The van der Waals surface area contributed by atoms with E-state index in [-0.39, 0.29) is 36.6 Å². The maximum Gasteiger partial charge on any atom is 0.223 e. The molecule has 0 aromatic rings. The van der Waals surface area contributed by atoms with Gasteiger partial charge >= 0.3 is 0 Å². The van der Waals surface area contributed by atoms with Crippen molar-refractivity contribution < 1.29 is 9.53 Å². The van der Waals surface area contributed by atoms with E-state index in [1.807, 2.05) is 18.7 Å². The van der Waals surface area contributed by atoms with E-state index < -0.39 is 0 Å². The van der Waals surface area contributed by atoms with Gasteiger partial charge in [0.1, 0.15) is 0 Å². The summed E-state index contributed by atoms with van der Waals surface area (Å²) in [4.78, 5) is 14.3. The largest absolute Gasteiger partial charge is 0.372 e. The highest BCUT2D eigenvalue weighted by Gasteiger charge is 2.30. The van der Waals surface area contributed by atoms with E-state index in [2.05, 4.69) is 0 Å². The van der Waals surface area contributed by atoms with Crippen LogP contribution in [0.3, 0.4) is 0 Å². The molecule has 1 saturated carbocycles. The molecule has 1 aliphatic heterocycles. The van der Waals surface area contributed by atoms with Crippen molar-refractivity contribution in [3.05, 3.63) is 0 Å². The zero-order valence-corrected chi connectivity index (χ0v) is 12.8. The third-order valence-corrected chi connectivity index (χ3v) is 4.18. The SMILES string of the molecule is CC1CN(C(=O)CC2CCCCC2N)CC(C)O1.Cl. The van der Waals surface area contributed by atoms with Crippen LogP contribution in [0.2, 0.25) is 0 Å². The maximum absolute atomic E-state index is 12.3. The van der Waals surface area contributed by atoms with Crippen molar-refractivity contribution in [3.8, 4) is 0 Å². The molecule has 4 nitrogen and oxygen atoms in total. The molecule has 0 radical (unpaired) electrons. The molecule has 4 unspecified atom stereocenters. The molecule has 0 spiro atoms. The van der Waals surface area contributed by atoms with E-state index in [1.54, 1.807) is 0 Å². The van der Waals surface area contributed by atoms with Gasteiger partial charge in [0.25, 0.3) is 0 Å². The second-order valence-corrected chi connectivity index (χ2v) is 5.97. The molecule has 1 heterocycles. The first-order valence-corrected chi connectivity index (χ1v) is 7.25. The molecule has 19 heavy (non-hydrogen) atoms. The van der Waals surface area contributed by atoms with Crippen LogP contribution in [0, 0.1) is 5.92 Å². The number of halogens is 1. The number of ether oxygens (including phenoxy) is 1. The summed E-state index contributed by atoms with van der Waals surface area (Å²) in [6.45, 7) is 5.51. The van der Waals surface area contributed by atoms with E-state index in [1.165, 1.54) is 12.8 Å². The Morgan fingerprint density at radius 3 is 2.37 bits per heavy atom. The minimum Gasteiger partial charge on any atom is -0.372 e. The minimum atomic E-state index is 0. The van der Waals surface area contributed by atoms with E-state index in [4.69, 9.17) is 10.5 Å². The van der Waals surface area contributed by atoms with Crippen LogP contribution in [0.25, 0.3) is 0 Å². The summed E-state index contributed by atoms with van der Waals surface area (Å²) in [6.07, 6.45) is 5.56. The summed E-state index contributed by atoms with van der Waals surface area (Å²) >= 11 is 0. The van der Waals surface area contributed by atoms with Crippen LogP contribution in [0.15, 0.2) is 0 Å². The van der Waals surface area contributed by atoms with Crippen LogP contribution in [0.1, 0.15) is 46.0 Å². The topological polar surface area (TPSA) is 55.6 Å². The fraction of sp³-hybridized carbons (Fsp3) is 0.929. The van der Waals surface area contributed by atoms with Gasteiger partial charge in [0.15, 0.2) is 0 Å². The molecule has 1 aliphatic carbocycles. The lowest BCUT2D eigenvalue weighted by atomic mass is 9.82. The first kappa shape index (κ1) is 16.7. The average Bonchev–Trinajstić information content (AvgIpc) is 2.31. The van der Waals surface area contributed by atoms with E-state index in [0.717, 1.165) is 25.9 Å². The Bertz CT molecular complexity index is 291. The van der Waals surface area contributed by atoms with Crippen molar-refractivity contribution in [2.45, 2.75) is 64.2 Å². The second kappa shape index (κ2) is 7.46. The van der Waals surface area contributed by atoms with Gasteiger partial charge < -0.3 is 15.4 Å². The van der Waals surface area contributed by atoms with Gasteiger partial charge in [-0.3, -0.25) is 4.79 Å². The Labute approximate surface area is 122 Å². The third-order valence-electron chi connectivity index (χ3n) is 4.18. The summed E-state index contributed by atoms with van der Waals surface area (Å²) in [5.74, 6) is 0.652. The summed E-state index contributed by atoms with van der Waals surface area (Å²) in [6, 6.07) is 0.221. The molecule has 2 rings (SSSR count). The Morgan fingerprint density at radius 2 is 1.79 bits per heavy atom. The quantitative estimate of drug-likeness (QED) is 0.846. The predicted octanol–water partition coefficient (Wildman–Crippen LogP) is 1.95. The lowest BCUT2D eigenvalue weighted by Gasteiger charge is -2.37. The van der Waals surface area contributed by atoms with Gasteiger partial charge in [-0.1, -0.05) is 12.8 Å². The molecule has 2 aliphatic rings. The minimum absolute atomic E-state index is 0. The molecular formula is C14H27ClN2O2. The highest BCUT2D eigenvalue weighted by molar-refractivity contribution is 5.85. The van der Waals surface area contributed by atoms with Crippen molar-refractivity contribution in [1.82, 2.24) is 4.90 Å². The first-order chi connectivity index (χ1) is 8.56. The zero-order valence-electron chi connectivity index (χ0n) is 12.0. The van der Waals surface area contributed by atoms with Crippen molar-refractivity contribution in [2.75, 3.05) is 13.1 Å². The highest BCUT2D eigenvalue weighted by atomic mass is 35.5. The summed E-state index contributed by atoms with van der Waals surface area (Å²) in [7, 11) is 0. The fourth-order valence-corrected chi connectivity index (χ4v) is 3.22. The van der Waals surface area contributed by atoms with Crippen LogP contribution in [0.5, 0.6) is 0 Å². The zero-order chi connectivity index (χ0) is 13.1. The van der Waals surface area contributed by atoms with E-state index in [9.17, 15) is 4.79 Å². The molecule has 4 atom stereocenters.